The van der Waals surface area contributed by atoms with E-state index in [1.165, 1.54) is 11.3 Å². The monoisotopic (exact) mass is 610 g/mol. The van der Waals surface area contributed by atoms with E-state index in [0.717, 1.165) is 55.3 Å². The second kappa shape index (κ2) is 11.0. The van der Waals surface area contributed by atoms with Gasteiger partial charge in [-0.2, -0.15) is 0 Å². The summed E-state index contributed by atoms with van der Waals surface area (Å²) in [6.45, 7) is 13.0. The van der Waals surface area contributed by atoms with E-state index in [2.05, 4.69) is 10.2 Å². The highest BCUT2D eigenvalue weighted by atomic mass is 32.1. The first-order valence-electron chi connectivity index (χ1n) is 15.5. The van der Waals surface area contributed by atoms with Gasteiger partial charge in [0.1, 0.15) is 20.8 Å². The Bertz CT molecular complexity index is 1450. The number of ether oxygens (including phenoxy) is 1. The van der Waals surface area contributed by atoms with E-state index in [1.54, 1.807) is 30.8 Å². The number of fused-ring (bicyclic) bond motifs is 2. The number of pyridine rings is 1. The molecule has 4 fully saturated rings. The van der Waals surface area contributed by atoms with Gasteiger partial charge in [0.15, 0.2) is 0 Å². The van der Waals surface area contributed by atoms with E-state index in [1.807, 2.05) is 24.8 Å². The van der Waals surface area contributed by atoms with E-state index in [9.17, 15) is 19.2 Å². The van der Waals surface area contributed by atoms with Gasteiger partial charge in [-0.05, 0) is 91.3 Å². The van der Waals surface area contributed by atoms with Crippen molar-refractivity contribution in [3.05, 3.63) is 22.9 Å². The number of hydrogen-bond donors (Lipinski definition) is 1. The van der Waals surface area contributed by atoms with Crippen LogP contribution in [0.2, 0.25) is 0 Å². The van der Waals surface area contributed by atoms with E-state index in [4.69, 9.17) is 9.72 Å². The van der Waals surface area contributed by atoms with Crippen LogP contribution in [-0.4, -0.2) is 99.5 Å². The second-order valence-electron chi connectivity index (χ2n) is 13.4. The molecule has 4 amide bonds. The lowest BCUT2D eigenvalue weighted by Crippen LogP contribution is -2.56. The van der Waals surface area contributed by atoms with Crippen molar-refractivity contribution in [2.45, 2.75) is 84.8 Å². The summed E-state index contributed by atoms with van der Waals surface area (Å²) in [4.78, 5) is 63.4. The fourth-order valence-electron chi connectivity index (χ4n) is 7.02. The van der Waals surface area contributed by atoms with E-state index in [-0.39, 0.29) is 23.8 Å². The number of thiophene rings is 1. The maximum Gasteiger partial charge on any atom is 0.412 e. The molecule has 2 aromatic rings. The standard InChI is InChI=1S/C31H42N6O5S/c1-19-17-22-23(25(43-24(22)32-20(19)2)33-29(41)42-30(3,4)5)26(38)34-15-9-21(10-16-34)35-12-8-11-31(18-35)27(39)36-13-6-7-14-37(36)28(31)40/h17,21H,6-16,18H2,1-5H3,(H,33,41). The van der Waals surface area contributed by atoms with Gasteiger partial charge in [-0.25, -0.2) is 9.78 Å². The van der Waals surface area contributed by atoms with Crippen LogP contribution in [0.1, 0.15) is 80.9 Å². The quantitative estimate of drug-likeness (QED) is 0.515. The van der Waals surface area contributed by atoms with Crippen molar-refractivity contribution in [1.82, 2.24) is 24.8 Å². The molecule has 0 aliphatic carbocycles. The average molecular weight is 611 g/mol. The lowest BCUT2D eigenvalue weighted by atomic mass is 9.78. The van der Waals surface area contributed by atoms with Gasteiger partial charge in [-0.15, -0.1) is 0 Å². The highest BCUT2D eigenvalue weighted by molar-refractivity contribution is 7.23. The van der Waals surface area contributed by atoms with Crippen LogP contribution >= 0.6 is 11.3 Å². The van der Waals surface area contributed by atoms with Crippen LogP contribution in [0.3, 0.4) is 0 Å². The number of carbonyl (C=O) groups is 4. The summed E-state index contributed by atoms with van der Waals surface area (Å²) in [6, 6.07) is 2.17. The molecule has 4 aliphatic rings. The maximum absolute atomic E-state index is 14.1. The predicted octanol–water partition coefficient (Wildman–Crippen LogP) is 4.33. The minimum atomic E-state index is -0.962. The third-order valence-corrected chi connectivity index (χ3v) is 10.3. The molecule has 232 valence electrons. The van der Waals surface area contributed by atoms with Crippen LogP contribution in [0.25, 0.3) is 10.2 Å². The number of piperidine rings is 2. The number of hydrogen-bond acceptors (Lipinski definition) is 8. The normalized spacial score (nSPS) is 21.6. The molecule has 43 heavy (non-hydrogen) atoms. The summed E-state index contributed by atoms with van der Waals surface area (Å²) in [6.07, 6.45) is 4.19. The van der Waals surface area contributed by atoms with Crippen molar-refractivity contribution >= 4 is 50.4 Å². The first-order valence-corrected chi connectivity index (χ1v) is 16.3. The molecule has 0 bridgehead atoms. The molecule has 4 aliphatic heterocycles. The number of aromatic nitrogens is 1. The minimum absolute atomic E-state index is 0.0250. The Morgan fingerprint density at radius 3 is 2.28 bits per heavy atom. The van der Waals surface area contributed by atoms with Gasteiger partial charge in [-0.1, -0.05) is 11.3 Å². The summed E-state index contributed by atoms with van der Waals surface area (Å²) in [7, 11) is 0. The van der Waals surface area contributed by atoms with Gasteiger partial charge in [0.2, 0.25) is 0 Å². The molecule has 6 heterocycles. The molecule has 0 atom stereocenters. The van der Waals surface area contributed by atoms with Crippen LogP contribution in [-0.2, 0) is 14.3 Å². The van der Waals surface area contributed by atoms with Crippen molar-refractivity contribution in [3.63, 3.8) is 0 Å². The maximum atomic E-state index is 14.1. The molecule has 0 aromatic carbocycles. The van der Waals surface area contributed by atoms with Crippen molar-refractivity contribution in [2.24, 2.45) is 5.41 Å². The summed E-state index contributed by atoms with van der Waals surface area (Å²) >= 11 is 1.29. The van der Waals surface area contributed by atoms with Crippen molar-refractivity contribution in [2.75, 3.05) is 44.6 Å². The molecule has 6 rings (SSSR count). The van der Waals surface area contributed by atoms with Crippen molar-refractivity contribution < 1.29 is 23.9 Å². The molecule has 12 heteroatoms. The number of aryl methyl sites for hydroxylation is 2. The first-order chi connectivity index (χ1) is 20.4. The summed E-state index contributed by atoms with van der Waals surface area (Å²) in [5, 5.41) is 7.39. The lowest BCUT2D eigenvalue weighted by Gasteiger charge is -2.44. The topological polar surface area (TPSA) is 115 Å². The van der Waals surface area contributed by atoms with Gasteiger partial charge < -0.3 is 9.64 Å². The molecule has 1 N–H and O–H groups in total. The largest absolute Gasteiger partial charge is 0.444 e. The SMILES string of the molecule is Cc1cc2c(C(=O)N3CCC(N4CCCC5(C4)C(=O)N4CCCCN4C5=O)CC3)c(NC(=O)OC(C)(C)C)sc2nc1C. The van der Waals surface area contributed by atoms with Crippen LogP contribution in [0.4, 0.5) is 9.80 Å². The number of rotatable bonds is 3. The zero-order valence-corrected chi connectivity index (χ0v) is 26.6. The molecule has 4 saturated heterocycles. The third-order valence-electron chi connectivity index (χ3n) is 9.31. The first kappa shape index (κ1) is 29.8. The fourth-order valence-corrected chi connectivity index (χ4v) is 8.10. The van der Waals surface area contributed by atoms with Gasteiger partial charge in [0.05, 0.1) is 5.56 Å². The Labute approximate surface area is 256 Å². The summed E-state index contributed by atoms with van der Waals surface area (Å²) in [5.41, 5.74) is 0.667. The number of amides is 4. The number of nitrogens with zero attached hydrogens (tertiary/aromatic N) is 5. The van der Waals surface area contributed by atoms with Crippen LogP contribution in [0.15, 0.2) is 6.07 Å². The van der Waals surface area contributed by atoms with Gasteiger partial charge in [0, 0.05) is 49.8 Å². The van der Waals surface area contributed by atoms with Crippen LogP contribution in [0, 0.1) is 19.3 Å². The Morgan fingerprint density at radius 1 is 1.00 bits per heavy atom. The zero-order chi connectivity index (χ0) is 30.7. The third kappa shape index (κ3) is 5.37. The van der Waals surface area contributed by atoms with Gasteiger partial charge >= 0.3 is 6.09 Å². The number of hydrazine groups is 1. The molecular formula is C31H42N6O5S. The molecule has 1 spiro atoms. The second-order valence-corrected chi connectivity index (χ2v) is 14.4. The van der Waals surface area contributed by atoms with E-state index in [0.29, 0.717) is 54.5 Å². The predicted molar refractivity (Wildman–Crippen MR) is 164 cm³/mol. The molecule has 0 radical (unpaired) electrons. The Kier molecular flexibility index (Phi) is 7.65. The lowest BCUT2D eigenvalue weighted by molar-refractivity contribution is -0.150. The molecular weight excluding hydrogens is 568 g/mol. The van der Waals surface area contributed by atoms with Crippen LogP contribution < -0.4 is 5.32 Å². The van der Waals surface area contributed by atoms with E-state index >= 15 is 0 Å². The highest BCUT2D eigenvalue weighted by Gasteiger charge is 2.60. The molecule has 0 saturated carbocycles. The van der Waals surface area contributed by atoms with Gasteiger partial charge in [0.25, 0.3) is 17.7 Å². The number of nitrogens with one attached hydrogen (secondary N) is 1. The zero-order valence-electron chi connectivity index (χ0n) is 25.8. The fraction of sp³-hybridized carbons (Fsp3) is 0.645. The number of carbonyl (C=O) groups excluding carboxylic acids is 4. The van der Waals surface area contributed by atoms with Crippen LogP contribution in [0.5, 0.6) is 0 Å². The van der Waals surface area contributed by atoms with Gasteiger partial charge in [-0.3, -0.25) is 34.6 Å². The molecule has 2 aromatic heterocycles. The average Bonchev–Trinajstić information content (AvgIpc) is 3.39. The number of likely N-dealkylation sites (tertiary alicyclic amines) is 2. The van der Waals surface area contributed by atoms with E-state index < -0.39 is 17.1 Å². The Morgan fingerprint density at radius 2 is 1.65 bits per heavy atom. The Hall–Kier alpha value is -3.25. The Balaban J connectivity index is 1.18. The highest BCUT2D eigenvalue weighted by Crippen LogP contribution is 2.43. The smallest absolute Gasteiger partial charge is 0.412 e. The van der Waals surface area contributed by atoms with Crippen molar-refractivity contribution in [3.8, 4) is 0 Å². The van der Waals surface area contributed by atoms with Crippen molar-refractivity contribution in [1.29, 1.82) is 0 Å². The minimum Gasteiger partial charge on any atom is -0.444 e. The molecule has 11 nitrogen and oxygen atoms in total. The summed E-state index contributed by atoms with van der Waals surface area (Å²) in [5.74, 6) is -0.187. The number of anilines is 1. The molecule has 0 unspecified atom stereocenters. The summed E-state index contributed by atoms with van der Waals surface area (Å²) < 4.78 is 5.48.